The summed E-state index contributed by atoms with van der Waals surface area (Å²) >= 11 is 6.15. The van der Waals surface area contributed by atoms with Gasteiger partial charge in [-0.1, -0.05) is 41.4 Å². The average Bonchev–Trinajstić information content (AvgIpc) is 3.24. The molecule has 7 heteroatoms. The van der Waals surface area contributed by atoms with Crippen LogP contribution >= 0.6 is 11.6 Å². The molecule has 0 unspecified atom stereocenters. The van der Waals surface area contributed by atoms with Gasteiger partial charge in [0.1, 0.15) is 5.76 Å². The minimum absolute atomic E-state index is 0.0309. The highest BCUT2D eigenvalue weighted by Gasteiger charge is 2.20. The number of amides is 1. The average molecular weight is 423 g/mol. The van der Waals surface area contributed by atoms with Crippen LogP contribution in [-0.4, -0.2) is 25.0 Å². The first-order chi connectivity index (χ1) is 14.5. The van der Waals surface area contributed by atoms with Gasteiger partial charge in [-0.2, -0.15) is 5.26 Å². The van der Waals surface area contributed by atoms with Gasteiger partial charge < -0.3 is 14.1 Å². The lowest BCUT2D eigenvalue weighted by atomic mass is 10.2. The molecule has 0 saturated heterocycles. The molecule has 0 aliphatic rings. The Labute approximate surface area is 179 Å². The summed E-state index contributed by atoms with van der Waals surface area (Å²) in [6.45, 7) is 1.67. The Morgan fingerprint density at radius 3 is 2.53 bits per heavy atom. The monoisotopic (exact) mass is 422 g/mol. The molecule has 0 atom stereocenters. The van der Waals surface area contributed by atoms with Crippen LogP contribution in [0, 0.1) is 18.3 Å². The van der Waals surface area contributed by atoms with E-state index in [0.717, 1.165) is 5.56 Å². The molecule has 1 aromatic heterocycles. The third-order valence-electron chi connectivity index (χ3n) is 4.37. The Hall–Kier alpha value is -3.56. The zero-order valence-corrected chi connectivity index (χ0v) is 17.1. The molecule has 6 nitrogen and oxygen atoms in total. The lowest BCUT2D eigenvalue weighted by molar-refractivity contribution is -0.121. The number of nitriles is 1. The molecular formula is C23H19ClN2O4. The molecule has 30 heavy (non-hydrogen) atoms. The van der Waals surface area contributed by atoms with Crippen LogP contribution in [0.5, 0.6) is 0 Å². The Kier molecular flexibility index (Phi) is 6.89. The number of rotatable bonds is 7. The molecule has 3 rings (SSSR count). The van der Waals surface area contributed by atoms with E-state index in [-0.39, 0.29) is 18.7 Å². The van der Waals surface area contributed by atoms with Gasteiger partial charge in [0.25, 0.3) is 5.91 Å². The van der Waals surface area contributed by atoms with Gasteiger partial charge in [0, 0.05) is 17.8 Å². The summed E-state index contributed by atoms with van der Waals surface area (Å²) in [5.41, 5.74) is 2.33. The number of hydrogen-bond donors (Lipinski definition) is 0. The molecule has 0 fully saturated rings. The number of esters is 1. The molecule has 0 aliphatic heterocycles. The van der Waals surface area contributed by atoms with Crippen molar-refractivity contribution in [1.82, 2.24) is 0 Å². The predicted octanol–water partition coefficient (Wildman–Crippen LogP) is 5.01. The minimum atomic E-state index is -0.759. The summed E-state index contributed by atoms with van der Waals surface area (Å²) in [5, 5.41) is 9.37. The number of furan rings is 1. The summed E-state index contributed by atoms with van der Waals surface area (Å²) in [7, 11) is 0. The summed E-state index contributed by atoms with van der Waals surface area (Å²) in [6.07, 6.45) is 0.160. The smallest absolute Gasteiger partial charge is 0.374 e. The SMILES string of the molecule is Cc1ccc(N(CCC#N)C(=O)COC(=O)c2ccc(-c3ccccc3Cl)o2)cc1. The van der Waals surface area contributed by atoms with Gasteiger partial charge >= 0.3 is 5.97 Å². The number of carbonyl (C=O) groups excluding carboxylic acids is 2. The topological polar surface area (TPSA) is 83.5 Å². The van der Waals surface area contributed by atoms with E-state index in [0.29, 0.717) is 22.0 Å². The number of ether oxygens (including phenoxy) is 1. The maximum atomic E-state index is 12.6. The van der Waals surface area contributed by atoms with Crippen molar-refractivity contribution in [3.63, 3.8) is 0 Å². The van der Waals surface area contributed by atoms with E-state index < -0.39 is 18.5 Å². The van der Waals surface area contributed by atoms with E-state index in [2.05, 4.69) is 0 Å². The first kappa shape index (κ1) is 21.2. The molecule has 0 saturated carbocycles. The summed E-state index contributed by atoms with van der Waals surface area (Å²) < 4.78 is 10.7. The second kappa shape index (κ2) is 9.77. The lowest BCUT2D eigenvalue weighted by Gasteiger charge is -2.21. The van der Waals surface area contributed by atoms with Crippen LogP contribution in [0.2, 0.25) is 5.02 Å². The van der Waals surface area contributed by atoms with Crippen molar-refractivity contribution >= 4 is 29.2 Å². The van der Waals surface area contributed by atoms with Crippen LogP contribution in [0.1, 0.15) is 22.5 Å². The molecule has 1 heterocycles. The fourth-order valence-electron chi connectivity index (χ4n) is 2.81. The van der Waals surface area contributed by atoms with Crippen LogP contribution < -0.4 is 4.90 Å². The molecule has 0 bridgehead atoms. The van der Waals surface area contributed by atoms with Gasteiger partial charge in [-0.05, 0) is 43.3 Å². The van der Waals surface area contributed by atoms with Gasteiger partial charge in [0.2, 0.25) is 5.76 Å². The molecule has 2 aromatic carbocycles. The minimum Gasteiger partial charge on any atom is -0.450 e. The summed E-state index contributed by atoms with van der Waals surface area (Å²) in [6, 6.07) is 19.5. The zero-order valence-electron chi connectivity index (χ0n) is 16.3. The van der Waals surface area contributed by atoms with Crippen LogP contribution in [0.4, 0.5) is 5.69 Å². The van der Waals surface area contributed by atoms with Crippen LogP contribution in [0.3, 0.4) is 0 Å². The van der Waals surface area contributed by atoms with E-state index >= 15 is 0 Å². The second-order valence-electron chi connectivity index (χ2n) is 6.51. The number of halogens is 1. The Morgan fingerprint density at radius 2 is 1.83 bits per heavy atom. The predicted molar refractivity (Wildman–Crippen MR) is 113 cm³/mol. The van der Waals surface area contributed by atoms with Crippen LogP contribution in [0.15, 0.2) is 65.1 Å². The van der Waals surface area contributed by atoms with Crippen molar-refractivity contribution in [3.05, 3.63) is 77.0 Å². The van der Waals surface area contributed by atoms with Crippen molar-refractivity contribution in [2.45, 2.75) is 13.3 Å². The fraction of sp³-hybridized carbons (Fsp3) is 0.174. The van der Waals surface area contributed by atoms with Crippen LogP contribution in [-0.2, 0) is 9.53 Å². The molecule has 1 amide bonds. The normalized spacial score (nSPS) is 10.3. The maximum absolute atomic E-state index is 12.6. The highest BCUT2D eigenvalue weighted by molar-refractivity contribution is 6.33. The van der Waals surface area contributed by atoms with Gasteiger partial charge in [0.15, 0.2) is 6.61 Å². The molecule has 0 N–H and O–H groups in total. The summed E-state index contributed by atoms with van der Waals surface area (Å²) in [5.74, 6) is -0.795. The Balaban J connectivity index is 1.67. The number of aryl methyl sites for hydroxylation is 1. The summed E-state index contributed by atoms with van der Waals surface area (Å²) in [4.78, 5) is 26.4. The molecule has 152 valence electrons. The fourth-order valence-corrected chi connectivity index (χ4v) is 3.04. The maximum Gasteiger partial charge on any atom is 0.374 e. The quantitative estimate of drug-likeness (QED) is 0.499. The molecule has 0 radical (unpaired) electrons. The molecule has 3 aromatic rings. The number of anilines is 1. The van der Waals surface area contributed by atoms with Crippen molar-refractivity contribution in [3.8, 4) is 17.4 Å². The Bertz CT molecular complexity index is 1080. The standard InChI is InChI=1S/C23H19ClN2O4/c1-16-7-9-17(10-8-16)26(14-4-13-25)22(27)15-29-23(28)21-12-11-20(30-21)18-5-2-3-6-19(18)24/h2-3,5-12H,4,14-15H2,1H3. The number of benzene rings is 2. The van der Waals surface area contributed by atoms with Gasteiger partial charge in [-0.15, -0.1) is 0 Å². The van der Waals surface area contributed by atoms with Crippen LogP contribution in [0.25, 0.3) is 11.3 Å². The molecular weight excluding hydrogens is 404 g/mol. The lowest BCUT2D eigenvalue weighted by Crippen LogP contribution is -2.35. The second-order valence-corrected chi connectivity index (χ2v) is 6.92. The van der Waals surface area contributed by atoms with Gasteiger partial charge in [-0.25, -0.2) is 4.79 Å². The number of carbonyl (C=O) groups is 2. The van der Waals surface area contributed by atoms with Crippen molar-refractivity contribution in [2.75, 3.05) is 18.1 Å². The van der Waals surface area contributed by atoms with Crippen molar-refractivity contribution in [2.24, 2.45) is 0 Å². The third-order valence-corrected chi connectivity index (χ3v) is 4.70. The van der Waals surface area contributed by atoms with E-state index in [1.807, 2.05) is 25.1 Å². The third kappa shape index (κ3) is 5.07. The molecule has 0 spiro atoms. The van der Waals surface area contributed by atoms with Gasteiger partial charge in [-0.3, -0.25) is 4.79 Å². The molecule has 0 aliphatic carbocycles. The van der Waals surface area contributed by atoms with Crippen molar-refractivity contribution < 1.29 is 18.7 Å². The van der Waals surface area contributed by atoms with Crippen molar-refractivity contribution in [1.29, 1.82) is 5.26 Å². The zero-order chi connectivity index (χ0) is 21.5. The first-order valence-corrected chi connectivity index (χ1v) is 9.63. The number of nitrogens with zero attached hydrogens (tertiary/aromatic N) is 2. The van der Waals surface area contributed by atoms with E-state index in [4.69, 9.17) is 26.0 Å². The number of hydrogen-bond acceptors (Lipinski definition) is 5. The highest BCUT2D eigenvalue weighted by Crippen LogP contribution is 2.29. The first-order valence-electron chi connectivity index (χ1n) is 9.25. The van der Waals surface area contributed by atoms with Gasteiger partial charge in [0.05, 0.1) is 17.5 Å². The largest absolute Gasteiger partial charge is 0.450 e. The Morgan fingerprint density at radius 1 is 1.10 bits per heavy atom. The highest BCUT2D eigenvalue weighted by atomic mass is 35.5. The van der Waals surface area contributed by atoms with E-state index in [1.165, 1.54) is 11.0 Å². The van der Waals surface area contributed by atoms with E-state index in [1.54, 1.807) is 42.5 Å². The van der Waals surface area contributed by atoms with E-state index in [9.17, 15) is 9.59 Å².